The molecule has 52 heavy (non-hydrogen) atoms. The molecule has 0 spiro atoms. The van der Waals surface area contributed by atoms with Crippen LogP contribution in [0.5, 0.6) is 0 Å². The van der Waals surface area contributed by atoms with Gasteiger partial charge < -0.3 is 9.32 Å². The summed E-state index contributed by atoms with van der Waals surface area (Å²) >= 11 is 0. The van der Waals surface area contributed by atoms with Gasteiger partial charge in [0, 0.05) is 44.2 Å². The predicted molar refractivity (Wildman–Crippen MR) is 213 cm³/mol. The fourth-order valence-corrected chi connectivity index (χ4v) is 7.15. The van der Waals surface area contributed by atoms with E-state index in [4.69, 9.17) is 19.4 Å². The van der Waals surface area contributed by atoms with Crippen molar-refractivity contribution in [2.24, 2.45) is 0 Å². The summed E-state index contributed by atoms with van der Waals surface area (Å²) in [7, 11) is 0. The quantitative estimate of drug-likeness (QED) is 0.177. The Kier molecular flexibility index (Phi) is 7.07. The van der Waals surface area contributed by atoms with E-state index in [1.165, 1.54) is 10.8 Å². The van der Waals surface area contributed by atoms with E-state index in [-0.39, 0.29) is 0 Å². The lowest BCUT2D eigenvalue weighted by atomic mass is 10.0. The van der Waals surface area contributed by atoms with Gasteiger partial charge in [0.05, 0.1) is 5.69 Å². The second kappa shape index (κ2) is 12.3. The molecule has 0 N–H and O–H groups in total. The van der Waals surface area contributed by atoms with E-state index < -0.39 is 0 Å². The molecule has 10 rings (SSSR count). The van der Waals surface area contributed by atoms with Crippen molar-refractivity contribution in [3.8, 4) is 34.2 Å². The summed E-state index contributed by atoms with van der Waals surface area (Å²) < 4.78 is 6.98. The summed E-state index contributed by atoms with van der Waals surface area (Å²) in [6, 6.07) is 62.8. The molecule has 0 radical (unpaired) electrons. The van der Waals surface area contributed by atoms with Gasteiger partial charge in [0.15, 0.2) is 23.1 Å². The van der Waals surface area contributed by atoms with Crippen LogP contribution in [0.2, 0.25) is 0 Å². The third-order valence-electron chi connectivity index (χ3n) is 9.65. The fourth-order valence-electron chi connectivity index (χ4n) is 7.15. The Morgan fingerprint density at radius 2 is 0.942 bits per heavy atom. The van der Waals surface area contributed by atoms with Gasteiger partial charge in [-0.05, 0) is 58.6 Å². The molecule has 0 aliphatic carbocycles. The monoisotopic (exact) mass is 666 g/mol. The van der Waals surface area contributed by atoms with E-state index in [0.29, 0.717) is 17.5 Å². The minimum Gasteiger partial charge on any atom is -0.454 e. The third kappa shape index (κ3) is 5.15. The van der Waals surface area contributed by atoms with E-state index in [0.717, 1.165) is 66.5 Å². The van der Waals surface area contributed by atoms with Gasteiger partial charge in [-0.1, -0.05) is 140 Å². The summed E-state index contributed by atoms with van der Waals surface area (Å²) in [5.74, 6) is 1.83. The maximum atomic E-state index is 6.98. The molecule has 0 aliphatic heterocycles. The van der Waals surface area contributed by atoms with Gasteiger partial charge in [0.1, 0.15) is 5.58 Å². The van der Waals surface area contributed by atoms with Crippen LogP contribution >= 0.6 is 0 Å². The molecule has 8 aromatic carbocycles. The average molecular weight is 667 g/mol. The smallest absolute Gasteiger partial charge is 0.164 e. The van der Waals surface area contributed by atoms with Gasteiger partial charge in [-0.15, -0.1) is 0 Å². The maximum Gasteiger partial charge on any atom is 0.164 e. The molecule has 2 aromatic heterocycles. The van der Waals surface area contributed by atoms with Crippen LogP contribution in [0.25, 0.3) is 77.6 Å². The van der Waals surface area contributed by atoms with Gasteiger partial charge >= 0.3 is 0 Å². The highest BCUT2D eigenvalue weighted by Gasteiger charge is 2.23. The Morgan fingerprint density at radius 3 is 1.63 bits per heavy atom. The van der Waals surface area contributed by atoms with Crippen molar-refractivity contribution in [2.75, 3.05) is 4.90 Å². The van der Waals surface area contributed by atoms with Crippen molar-refractivity contribution < 1.29 is 4.42 Å². The fraction of sp³-hybridized carbons (Fsp3) is 0. The van der Waals surface area contributed by atoms with E-state index >= 15 is 0 Å². The van der Waals surface area contributed by atoms with E-state index in [9.17, 15) is 0 Å². The molecule has 10 aromatic rings. The molecule has 5 nitrogen and oxygen atoms in total. The van der Waals surface area contributed by atoms with Gasteiger partial charge in [0.25, 0.3) is 0 Å². The third-order valence-corrected chi connectivity index (χ3v) is 9.65. The molecule has 0 amide bonds. The maximum absolute atomic E-state index is 6.98. The highest BCUT2D eigenvalue weighted by atomic mass is 16.3. The number of anilines is 3. The highest BCUT2D eigenvalue weighted by Crippen LogP contribution is 2.47. The summed E-state index contributed by atoms with van der Waals surface area (Å²) in [4.78, 5) is 17.2. The van der Waals surface area contributed by atoms with Crippen molar-refractivity contribution in [1.29, 1.82) is 0 Å². The molecule has 0 saturated carbocycles. The molecule has 0 bridgehead atoms. The number of furan rings is 1. The molecule has 0 aliphatic rings. The number of aromatic nitrogens is 3. The minimum absolute atomic E-state index is 0.586. The Morgan fingerprint density at radius 1 is 0.365 bits per heavy atom. The number of hydrogen-bond acceptors (Lipinski definition) is 5. The molecular weight excluding hydrogens is 637 g/mol. The first-order valence-corrected chi connectivity index (χ1v) is 17.4. The van der Waals surface area contributed by atoms with E-state index in [1.54, 1.807) is 0 Å². The number of benzene rings is 8. The van der Waals surface area contributed by atoms with Crippen LogP contribution in [0.15, 0.2) is 186 Å². The van der Waals surface area contributed by atoms with Crippen LogP contribution in [0.4, 0.5) is 17.1 Å². The van der Waals surface area contributed by atoms with E-state index in [2.05, 4.69) is 126 Å². The lowest BCUT2D eigenvalue weighted by molar-refractivity contribution is 0.669. The van der Waals surface area contributed by atoms with Crippen molar-refractivity contribution in [2.45, 2.75) is 0 Å². The molecular formula is C47H30N4O. The first-order valence-electron chi connectivity index (χ1n) is 17.4. The van der Waals surface area contributed by atoms with Crippen molar-refractivity contribution in [3.63, 3.8) is 0 Å². The van der Waals surface area contributed by atoms with Gasteiger partial charge in [-0.2, -0.15) is 0 Å². The Hall–Kier alpha value is -7.11. The molecule has 2 heterocycles. The van der Waals surface area contributed by atoms with Crippen LogP contribution < -0.4 is 4.90 Å². The molecule has 0 atom stereocenters. The van der Waals surface area contributed by atoms with Crippen LogP contribution in [0, 0.1) is 0 Å². The van der Waals surface area contributed by atoms with Crippen LogP contribution in [0.1, 0.15) is 0 Å². The highest BCUT2D eigenvalue weighted by molar-refractivity contribution is 6.19. The molecule has 5 heteroatoms. The normalized spacial score (nSPS) is 11.5. The number of para-hydroxylation sites is 1. The number of rotatable bonds is 6. The largest absolute Gasteiger partial charge is 0.454 e. The standard InChI is InChI=1S/C47H30N4O/c1-4-15-32(16-5-1)45-48-46(33-17-6-2-7-18-33)50-47(49-45)36-25-27-40-41-29-35-20-12-13-23-39(35)43(44(41)52-42(40)30-36)51(37-21-8-3-9-22-37)38-26-24-31-14-10-11-19-34(31)28-38/h1-30H. The lowest BCUT2D eigenvalue weighted by Crippen LogP contribution is -2.10. The Balaban J connectivity index is 1.21. The average Bonchev–Trinajstić information content (AvgIpc) is 3.59. The SMILES string of the molecule is c1ccc(-c2nc(-c3ccccc3)nc(-c3ccc4c(c3)oc3c(N(c5ccccc5)c5ccc6ccccc6c5)c5ccccc5cc34)n2)cc1. The summed E-state index contributed by atoms with van der Waals surface area (Å²) in [6.07, 6.45) is 0. The van der Waals surface area contributed by atoms with E-state index in [1.807, 2.05) is 60.7 Å². The number of hydrogen-bond donors (Lipinski definition) is 0. The summed E-state index contributed by atoms with van der Waals surface area (Å²) in [6.45, 7) is 0. The second-order valence-corrected chi connectivity index (χ2v) is 12.9. The summed E-state index contributed by atoms with van der Waals surface area (Å²) in [5.41, 5.74) is 7.37. The number of nitrogens with zero attached hydrogens (tertiary/aromatic N) is 4. The topological polar surface area (TPSA) is 55.1 Å². The van der Waals surface area contributed by atoms with Gasteiger partial charge in [-0.3, -0.25) is 0 Å². The van der Waals surface area contributed by atoms with Crippen molar-refractivity contribution >= 4 is 60.5 Å². The Labute approximate surface area is 300 Å². The molecule has 0 fully saturated rings. The zero-order valence-corrected chi connectivity index (χ0v) is 28.0. The predicted octanol–water partition coefficient (Wildman–Crippen LogP) is 12.5. The molecule has 0 saturated heterocycles. The van der Waals surface area contributed by atoms with Crippen LogP contribution in [0.3, 0.4) is 0 Å². The minimum atomic E-state index is 0.586. The van der Waals surface area contributed by atoms with Crippen LogP contribution in [-0.2, 0) is 0 Å². The van der Waals surface area contributed by atoms with Crippen LogP contribution in [-0.4, -0.2) is 15.0 Å². The zero-order valence-electron chi connectivity index (χ0n) is 28.0. The first-order chi connectivity index (χ1) is 25.8. The van der Waals surface area contributed by atoms with Crippen molar-refractivity contribution in [3.05, 3.63) is 182 Å². The van der Waals surface area contributed by atoms with Gasteiger partial charge in [-0.25, -0.2) is 15.0 Å². The zero-order chi connectivity index (χ0) is 34.4. The van der Waals surface area contributed by atoms with Crippen molar-refractivity contribution in [1.82, 2.24) is 15.0 Å². The number of fused-ring (bicyclic) bond motifs is 5. The first kappa shape index (κ1) is 29.8. The summed E-state index contributed by atoms with van der Waals surface area (Å²) in [5, 5.41) is 6.68. The Bertz CT molecular complexity index is 2850. The lowest BCUT2D eigenvalue weighted by Gasteiger charge is -2.27. The van der Waals surface area contributed by atoms with Gasteiger partial charge in [0.2, 0.25) is 0 Å². The molecule has 0 unspecified atom stereocenters. The molecule has 244 valence electrons. The second-order valence-electron chi connectivity index (χ2n) is 12.9.